The van der Waals surface area contributed by atoms with Gasteiger partial charge in [0.1, 0.15) is 0 Å². The van der Waals surface area contributed by atoms with Crippen LogP contribution in [0.3, 0.4) is 0 Å². The van der Waals surface area contributed by atoms with Crippen molar-refractivity contribution in [2.24, 2.45) is 0 Å². The Hall–Kier alpha value is -2.04. The van der Waals surface area contributed by atoms with Crippen LogP contribution in [0.2, 0.25) is 0 Å². The molecule has 0 bridgehead atoms. The average molecular weight is 358 g/mol. The maximum Gasteiger partial charge on any atom is 0.331 e. The number of aromatic nitrogens is 1. The normalized spacial score (nSPS) is 23.5. The lowest BCUT2D eigenvalue weighted by Gasteiger charge is -2.38. The van der Waals surface area contributed by atoms with Gasteiger partial charge in [-0.3, -0.25) is 4.79 Å². The quantitative estimate of drug-likeness (QED) is 0.594. The molecule has 0 spiro atoms. The van der Waals surface area contributed by atoms with Crippen LogP contribution in [0, 0.1) is 13.8 Å². The lowest BCUT2D eigenvalue weighted by Crippen LogP contribution is -2.49. The monoisotopic (exact) mass is 358 g/mol. The highest BCUT2D eigenvalue weighted by atomic mass is 16.5. The van der Waals surface area contributed by atoms with Gasteiger partial charge >= 0.3 is 5.97 Å². The number of nitrogens with zero attached hydrogens (tertiary/aromatic N) is 2. The van der Waals surface area contributed by atoms with Crippen LogP contribution in [-0.2, 0) is 14.3 Å². The van der Waals surface area contributed by atoms with E-state index < -0.39 is 5.97 Å². The first-order valence-electron chi connectivity index (χ1n) is 9.73. The van der Waals surface area contributed by atoms with Crippen molar-refractivity contribution >= 4 is 18.0 Å². The minimum absolute atomic E-state index is 0.0987. The van der Waals surface area contributed by atoms with E-state index in [1.165, 1.54) is 30.3 Å². The minimum Gasteiger partial charge on any atom is -0.452 e. The Morgan fingerprint density at radius 3 is 2.42 bits per heavy atom. The third-order valence-corrected chi connectivity index (χ3v) is 5.65. The van der Waals surface area contributed by atoms with Crippen molar-refractivity contribution in [2.75, 3.05) is 6.61 Å². The molecule has 142 valence electrons. The smallest absolute Gasteiger partial charge is 0.331 e. The summed E-state index contributed by atoms with van der Waals surface area (Å²) in [6.45, 7) is 8.12. The first-order valence-corrected chi connectivity index (χ1v) is 9.73. The summed E-state index contributed by atoms with van der Waals surface area (Å²) >= 11 is 0. The highest BCUT2D eigenvalue weighted by Gasteiger charge is 2.29. The predicted octanol–water partition coefficient (Wildman–Crippen LogP) is 3.79. The topological polar surface area (TPSA) is 51.5 Å². The molecule has 2 fully saturated rings. The van der Waals surface area contributed by atoms with E-state index in [2.05, 4.69) is 38.3 Å². The number of amides is 1. The molecule has 3 rings (SSSR count). The fourth-order valence-corrected chi connectivity index (χ4v) is 4.19. The van der Waals surface area contributed by atoms with Crippen LogP contribution in [0.25, 0.3) is 6.08 Å². The zero-order valence-electron chi connectivity index (χ0n) is 16.3. The number of ether oxygens (including phenoxy) is 1. The van der Waals surface area contributed by atoms with Gasteiger partial charge < -0.3 is 14.2 Å². The Kier molecular flexibility index (Phi) is 5.54. The van der Waals surface area contributed by atoms with Crippen LogP contribution < -0.4 is 0 Å². The van der Waals surface area contributed by atoms with Gasteiger partial charge in [0.25, 0.3) is 5.91 Å². The van der Waals surface area contributed by atoms with Crippen LogP contribution in [-0.4, -0.2) is 40.0 Å². The number of likely N-dealkylation sites (tertiary alicyclic amines) is 1. The zero-order valence-corrected chi connectivity index (χ0v) is 16.3. The number of esters is 1. The van der Waals surface area contributed by atoms with Crippen LogP contribution in [0.4, 0.5) is 0 Å². The highest BCUT2D eigenvalue weighted by molar-refractivity contribution is 5.89. The minimum atomic E-state index is -0.466. The molecule has 0 aromatic carbocycles. The van der Waals surface area contributed by atoms with Gasteiger partial charge in [0.05, 0.1) is 0 Å². The van der Waals surface area contributed by atoms with E-state index in [9.17, 15) is 9.59 Å². The molecule has 0 unspecified atom stereocenters. The van der Waals surface area contributed by atoms with Crippen LogP contribution >= 0.6 is 0 Å². The van der Waals surface area contributed by atoms with E-state index in [0.29, 0.717) is 6.04 Å². The van der Waals surface area contributed by atoms with E-state index in [0.717, 1.165) is 24.8 Å². The van der Waals surface area contributed by atoms with E-state index in [-0.39, 0.29) is 24.6 Å². The van der Waals surface area contributed by atoms with Gasteiger partial charge in [-0.25, -0.2) is 4.79 Å². The van der Waals surface area contributed by atoms with Gasteiger partial charge in [-0.05, 0) is 77.5 Å². The summed E-state index contributed by atoms with van der Waals surface area (Å²) in [7, 11) is 0. The maximum absolute atomic E-state index is 12.4. The summed E-state index contributed by atoms with van der Waals surface area (Å²) in [6.07, 6.45) is 8.86. The van der Waals surface area contributed by atoms with Crippen molar-refractivity contribution < 1.29 is 14.3 Å². The molecule has 1 aromatic heterocycles. The van der Waals surface area contributed by atoms with Crippen LogP contribution in [0.5, 0.6) is 0 Å². The fraction of sp³-hybridized carbons (Fsp3) is 0.619. The van der Waals surface area contributed by atoms with Crippen molar-refractivity contribution in [1.29, 1.82) is 0 Å². The second-order valence-corrected chi connectivity index (χ2v) is 7.80. The van der Waals surface area contributed by atoms with E-state index >= 15 is 0 Å². The van der Waals surface area contributed by atoms with Crippen molar-refractivity contribution in [3.63, 3.8) is 0 Å². The Bertz CT molecular complexity index is 705. The molecule has 0 radical (unpaired) electrons. The summed E-state index contributed by atoms with van der Waals surface area (Å²) in [5.41, 5.74) is 3.44. The fourth-order valence-electron chi connectivity index (χ4n) is 4.19. The van der Waals surface area contributed by atoms with Gasteiger partial charge in [-0.2, -0.15) is 0 Å². The van der Waals surface area contributed by atoms with Gasteiger partial charge in [0, 0.05) is 35.6 Å². The van der Waals surface area contributed by atoms with Crippen LogP contribution in [0.15, 0.2) is 12.1 Å². The maximum atomic E-state index is 12.4. The summed E-state index contributed by atoms with van der Waals surface area (Å²) in [4.78, 5) is 26.3. The van der Waals surface area contributed by atoms with Crippen molar-refractivity contribution in [3.05, 3.63) is 29.1 Å². The molecule has 1 aromatic rings. The van der Waals surface area contributed by atoms with Gasteiger partial charge in [-0.15, -0.1) is 0 Å². The second-order valence-electron chi connectivity index (χ2n) is 7.80. The largest absolute Gasteiger partial charge is 0.452 e. The molecule has 1 amide bonds. The first kappa shape index (κ1) is 18.7. The molecule has 26 heavy (non-hydrogen) atoms. The third-order valence-electron chi connectivity index (χ3n) is 5.65. The number of rotatable bonds is 5. The molecule has 1 aliphatic heterocycles. The number of aryl methyl sites for hydroxylation is 1. The molecular formula is C21H30N2O3. The number of hydrogen-bond donors (Lipinski definition) is 0. The first-order chi connectivity index (χ1) is 12.4. The predicted molar refractivity (Wildman–Crippen MR) is 102 cm³/mol. The number of hydrogen-bond acceptors (Lipinski definition) is 3. The molecule has 1 saturated heterocycles. The van der Waals surface area contributed by atoms with Crippen LogP contribution in [0.1, 0.15) is 68.9 Å². The summed E-state index contributed by atoms with van der Waals surface area (Å²) in [5.74, 6) is -0.565. The highest BCUT2D eigenvalue weighted by Crippen LogP contribution is 2.38. The van der Waals surface area contributed by atoms with E-state index in [1.807, 2.05) is 4.90 Å². The van der Waals surface area contributed by atoms with Gasteiger partial charge in [0.2, 0.25) is 0 Å². The lowest BCUT2D eigenvalue weighted by atomic mass is 9.97. The number of piperidine rings is 1. The molecule has 1 saturated carbocycles. The standard InChI is InChI=1S/C21H30N2O3/c1-14-6-5-7-15(2)22(14)20(24)13-26-21(25)11-8-18-12-16(3)23(17(18)4)19-9-10-19/h8,11-12,14-15,19H,5-7,9-10,13H2,1-4H3/b11-8+/t14-,15-/m1/s1. The molecule has 2 heterocycles. The van der Waals surface area contributed by atoms with E-state index in [4.69, 9.17) is 4.74 Å². The summed E-state index contributed by atoms with van der Waals surface area (Å²) in [6, 6.07) is 3.15. The van der Waals surface area contributed by atoms with Crippen molar-refractivity contribution in [2.45, 2.75) is 77.9 Å². The molecule has 5 nitrogen and oxygen atoms in total. The number of carbonyl (C=O) groups is 2. The SMILES string of the molecule is Cc1cc(/C=C/C(=O)OCC(=O)N2[C@H](C)CCC[C@H]2C)c(C)n1C1CC1. The second kappa shape index (κ2) is 7.68. The molecule has 5 heteroatoms. The Labute approximate surface area is 156 Å². The van der Waals surface area contributed by atoms with Gasteiger partial charge in [0.15, 0.2) is 6.61 Å². The summed E-state index contributed by atoms with van der Waals surface area (Å²) < 4.78 is 7.53. The van der Waals surface area contributed by atoms with Gasteiger partial charge in [-0.1, -0.05) is 0 Å². The Morgan fingerprint density at radius 2 is 1.81 bits per heavy atom. The van der Waals surface area contributed by atoms with Crippen molar-refractivity contribution in [3.8, 4) is 0 Å². The Morgan fingerprint density at radius 1 is 1.15 bits per heavy atom. The molecule has 2 atom stereocenters. The van der Waals surface area contributed by atoms with E-state index in [1.54, 1.807) is 6.08 Å². The molecular weight excluding hydrogens is 328 g/mol. The zero-order chi connectivity index (χ0) is 18.8. The Balaban J connectivity index is 1.55. The molecule has 1 aliphatic carbocycles. The number of carbonyl (C=O) groups excluding carboxylic acids is 2. The summed E-state index contributed by atoms with van der Waals surface area (Å²) in [5, 5.41) is 0. The third kappa shape index (κ3) is 4.02. The van der Waals surface area contributed by atoms with Crippen molar-refractivity contribution in [1.82, 2.24) is 9.47 Å². The molecule has 2 aliphatic rings. The average Bonchev–Trinajstić information content (AvgIpc) is 3.37. The lowest BCUT2D eigenvalue weighted by molar-refractivity contribution is -0.151. The molecule has 0 N–H and O–H groups in total.